The van der Waals surface area contributed by atoms with Gasteiger partial charge in [-0.25, -0.2) is 19.9 Å². The van der Waals surface area contributed by atoms with Crippen LogP contribution < -0.4 is 0 Å². The fraction of sp³-hybridized carbons (Fsp3) is 0.0227. The predicted molar refractivity (Wildman–Crippen MR) is 390 cm³/mol. The molecule has 17 rings (SSSR count). The Morgan fingerprint density at radius 3 is 1.07 bits per heavy atom. The van der Waals surface area contributed by atoms with Crippen LogP contribution in [0.25, 0.3) is 167 Å². The Hall–Kier alpha value is -12.4. The number of fused-ring (bicyclic) bond motifs is 6. The molecule has 0 saturated carbocycles. The lowest BCUT2D eigenvalue weighted by Gasteiger charge is -2.26. The number of benzene rings is 13. The van der Waals surface area contributed by atoms with E-state index in [9.17, 15) is 0 Å². The van der Waals surface area contributed by atoms with Crippen molar-refractivity contribution in [1.29, 1.82) is 0 Å². The van der Waals surface area contributed by atoms with Crippen LogP contribution in [0.4, 0.5) is 0 Å². The second-order valence-electron chi connectivity index (χ2n) is 24.1. The van der Waals surface area contributed by atoms with Crippen LogP contribution in [0.2, 0.25) is 0 Å². The third-order valence-corrected chi connectivity index (χ3v) is 18.5. The summed E-state index contributed by atoms with van der Waals surface area (Å²) in [5.74, 6) is 1.74. The van der Waals surface area contributed by atoms with Gasteiger partial charge < -0.3 is 9.13 Å². The van der Waals surface area contributed by atoms with Crippen molar-refractivity contribution in [3.05, 3.63) is 339 Å². The summed E-state index contributed by atoms with van der Waals surface area (Å²) in [6, 6.07) is 117. The lowest BCUT2D eigenvalue weighted by molar-refractivity contribution is 1.07. The Balaban J connectivity index is 0.937. The van der Waals surface area contributed by atoms with Crippen molar-refractivity contribution in [1.82, 2.24) is 29.1 Å². The summed E-state index contributed by atoms with van der Waals surface area (Å²) in [6.07, 6.45) is 0. The molecular weight excluding hydrogens is 1140 g/mol. The van der Waals surface area contributed by atoms with E-state index >= 15 is 0 Å². The number of aryl methyl sites for hydroxylation is 2. The average molecular weight is 1200 g/mol. The Labute approximate surface area is 545 Å². The first-order valence-electron chi connectivity index (χ1n) is 32.0. The molecule has 6 heteroatoms. The number of nitrogens with zero attached hydrogens (tertiary/aromatic N) is 6. The highest BCUT2D eigenvalue weighted by atomic mass is 15.0. The second-order valence-corrected chi connectivity index (χ2v) is 24.1. The van der Waals surface area contributed by atoms with Crippen molar-refractivity contribution in [2.75, 3.05) is 0 Å². The van der Waals surface area contributed by atoms with Crippen LogP contribution in [-0.4, -0.2) is 29.1 Å². The molecule has 0 amide bonds. The zero-order valence-corrected chi connectivity index (χ0v) is 51.9. The van der Waals surface area contributed by atoms with Gasteiger partial charge in [-0.15, -0.1) is 0 Å². The Morgan fingerprint density at radius 2 is 0.585 bits per heavy atom. The van der Waals surface area contributed by atoms with Crippen molar-refractivity contribution in [3.63, 3.8) is 0 Å². The minimum absolute atomic E-state index is 0.560. The van der Waals surface area contributed by atoms with E-state index in [0.29, 0.717) is 17.5 Å². The van der Waals surface area contributed by atoms with Crippen LogP contribution in [0.5, 0.6) is 0 Å². The Bertz CT molecular complexity index is 5660. The second kappa shape index (κ2) is 23.5. The summed E-state index contributed by atoms with van der Waals surface area (Å²) in [6.45, 7) is 4.41. The maximum absolute atomic E-state index is 6.13. The van der Waals surface area contributed by atoms with Crippen molar-refractivity contribution in [3.8, 4) is 124 Å². The molecule has 0 atom stereocenters. The molecule has 13 aromatic carbocycles. The number of para-hydroxylation sites is 2. The molecule has 0 fully saturated rings. The van der Waals surface area contributed by atoms with Crippen molar-refractivity contribution >= 4 is 43.6 Å². The molecule has 0 bridgehead atoms. The minimum atomic E-state index is 0.560. The summed E-state index contributed by atoms with van der Waals surface area (Å²) in [5.41, 5.74) is 26.1. The van der Waals surface area contributed by atoms with Crippen molar-refractivity contribution in [2.45, 2.75) is 13.8 Å². The van der Waals surface area contributed by atoms with Gasteiger partial charge >= 0.3 is 0 Å². The number of pyridine rings is 1. The third kappa shape index (κ3) is 9.75. The summed E-state index contributed by atoms with van der Waals surface area (Å²) in [4.78, 5) is 22.2. The lowest BCUT2D eigenvalue weighted by atomic mass is 9.80. The van der Waals surface area contributed by atoms with Gasteiger partial charge in [-0.3, -0.25) is 0 Å². The molecule has 4 heterocycles. The standard InChI is InChI=1S/C88H60N6/c1-57-25-15-17-35-69(57)83-82(73-39-19-20-40-74(73)88-91-86(63-31-11-5-12-32-63)90-87(92-88)64-33-13-6-14-34-64)81(61-43-49-67(50-44-61)93-77-41-23-21-37-71(77)75-55-65(47-53-79(75)93)59-27-7-3-8-28-59)85(70-36-18-16-26-58(70)2)89-84(83)62-45-51-68(52-46-62)94-78-42-24-22-38-72(78)76-56-66(48-54-80(76)94)60-29-9-4-10-30-60/h3-56H,1-2H3. The van der Waals surface area contributed by atoms with E-state index in [1.54, 1.807) is 0 Å². The maximum Gasteiger partial charge on any atom is 0.164 e. The van der Waals surface area contributed by atoms with E-state index < -0.39 is 0 Å². The van der Waals surface area contributed by atoms with Crippen LogP contribution in [-0.2, 0) is 0 Å². The number of hydrogen-bond donors (Lipinski definition) is 0. The van der Waals surface area contributed by atoms with E-state index in [2.05, 4.69) is 314 Å². The molecule has 0 N–H and O–H groups in total. The van der Waals surface area contributed by atoms with E-state index in [0.717, 1.165) is 117 Å². The van der Waals surface area contributed by atoms with Crippen LogP contribution in [0, 0.1) is 13.8 Å². The normalized spacial score (nSPS) is 11.5. The van der Waals surface area contributed by atoms with Crippen LogP contribution >= 0.6 is 0 Å². The maximum atomic E-state index is 6.13. The number of aromatic nitrogens is 6. The van der Waals surface area contributed by atoms with E-state index in [1.165, 1.54) is 43.8 Å². The van der Waals surface area contributed by atoms with Gasteiger partial charge in [0, 0.05) is 77.4 Å². The molecule has 442 valence electrons. The molecule has 0 spiro atoms. The number of rotatable bonds is 12. The summed E-state index contributed by atoms with van der Waals surface area (Å²) < 4.78 is 4.80. The topological polar surface area (TPSA) is 61.4 Å². The first-order valence-corrected chi connectivity index (χ1v) is 32.0. The van der Waals surface area contributed by atoms with Crippen LogP contribution in [0.3, 0.4) is 0 Å². The van der Waals surface area contributed by atoms with Gasteiger partial charge in [-0.2, -0.15) is 0 Å². The highest BCUT2D eigenvalue weighted by Crippen LogP contribution is 2.52. The van der Waals surface area contributed by atoms with E-state index in [-0.39, 0.29) is 0 Å². The Kier molecular flexibility index (Phi) is 13.9. The van der Waals surface area contributed by atoms with Gasteiger partial charge in [-0.05, 0) is 125 Å². The summed E-state index contributed by atoms with van der Waals surface area (Å²) in [7, 11) is 0. The molecule has 0 saturated heterocycles. The van der Waals surface area contributed by atoms with Gasteiger partial charge in [0.25, 0.3) is 0 Å². The van der Waals surface area contributed by atoms with Gasteiger partial charge in [-0.1, -0.05) is 267 Å². The van der Waals surface area contributed by atoms with Gasteiger partial charge in [0.1, 0.15) is 0 Å². The lowest BCUT2D eigenvalue weighted by Crippen LogP contribution is -2.05. The largest absolute Gasteiger partial charge is 0.309 e. The molecule has 0 aliphatic carbocycles. The average Bonchev–Trinajstić information content (AvgIpc) is 0.856. The van der Waals surface area contributed by atoms with Gasteiger partial charge in [0.15, 0.2) is 17.5 Å². The first kappa shape index (κ1) is 55.7. The van der Waals surface area contributed by atoms with Crippen molar-refractivity contribution < 1.29 is 0 Å². The van der Waals surface area contributed by atoms with E-state index in [4.69, 9.17) is 19.9 Å². The molecule has 0 aliphatic heterocycles. The molecule has 4 aromatic heterocycles. The number of hydrogen-bond acceptors (Lipinski definition) is 4. The van der Waals surface area contributed by atoms with Crippen LogP contribution in [0.1, 0.15) is 11.1 Å². The van der Waals surface area contributed by atoms with Gasteiger partial charge in [0.05, 0.1) is 33.5 Å². The molecular formula is C88H60N6. The van der Waals surface area contributed by atoms with E-state index in [1.807, 2.05) is 36.4 Å². The highest BCUT2D eigenvalue weighted by Gasteiger charge is 2.30. The van der Waals surface area contributed by atoms with Gasteiger partial charge in [0.2, 0.25) is 0 Å². The molecule has 17 aromatic rings. The smallest absolute Gasteiger partial charge is 0.164 e. The fourth-order valence-electron chi connectivity index (χ4n) is 14.0. The zero-order valence-electron chi connectivity index (χ0n) is 51.9. The minimum Gasteiger partial charge on any atom is -0.309 e. The fourth-order valence-corrected chi connectivity index (χ4v) is 14.0. The summed E-state index contributed by atoms with van der Waals surface area (Å²) in [5, 5.41) is 4.81. The molecule has 0 unspecified atom stereocenters. The predicted octanol–water partition coefficient (Wildman–Crippen LogP) is 22.7. The third-order valence-electron chi connectivity index (χ3n) is 18.5. The summed E-state index contributed by atoms with van der Waals surface area (Å²) >= 11 is 0. The molecule has 94 heavy (non-hydrogen) atoms. The van der Waals surface area contributed by atoms with Crippen molar-refractivity contribution in [2.24, 2.45) is 0 Å². The highest BCUT2D eigenvalue weighted by molar-refractivity contribution is 6.13. The van der Waals surface area contributed by atoms with Crippen LogP contribution in [0.15, 0.2) is 328 Å². The first-order chi connectivity index (χ1) is 46.5. The quantitative estimate of drug-likeness (QED) is 0.122. The molecule has 6 nitrogen and oxygen atoms in total. The molecule has 0 radical (unpaired) electrons. The Morgan fingerprint density at radius 1 is 0.213 bits per heavy atom. The molecule has 0 aliphatic rings. The SMILES string of the molecule is Cc1ccccc1-c1nc(-c2ccc(-n3c4ccccc4c4cc(-c5ccccc5)ccc43)cc2)c(-c2ccccc2C)c(-c2ccccc2-c2nc(-c3ccccc3)nc(-c3ccccc3)n2)c1-c1ccc(-n2c3ccccc3c3cc(-c4ccccc4)ccc32)cc1. The zero-order chi connectivity index (χ0) is 62.6. The monoisotopic (exact) mass is 1200 g/mol.